The first-order valence-corrected chi connectivity index (χ1v) is 7.05. The molecule has 1 rings (SSSR count). The fourth-order valence-electron chi connectivity index (χ4n) is 2.16. The van der Waals surface area contributed by atoms with Gasteiger partial charge in [-0.3, -0.25) is 9.59 Å². The van der Waals surface area contributed by atoms with Crippen LogP contribution < -0.4 is 10.6 Å². The van der Waals surface area contributed by atoms with Crippen molar-refractivity contribution in [3.8, 4) is 0 Å². The molecule has 2 N–H and O–H groups in total. The van der Waals surface area contributed by atoms with Gasteiger partial charge in [0.25, 0.3) is 0 Å². The van der Waals surface area contributed by atoms with Crippen LogP contribution in [0.2, 0.25) is 0 Å². The number of amides is 2. The molecule has 120 valence electrons. The molecule has 0 radical (unpaired) electrons. The number of hydrogen-bond acceptors (Lipinski definition) is 5. The Balaban J connectivity index is 2.52. The predicted octanol–water partition coefficient (Wildman–Crippen LogP) is 0.826. The van der Waals surface area contributed by atoms with Gasteiger partial charge in [-0.15, -0.1) is 0 Å². The third-order valence-corrected chi connectivity index (χ3v) is 3.16. The average molecular weight is 300 g/mol. The molecule has 0 aliphatic carbocycles. The van der Waals surface area contributed by atoms with E-state index in [4.69, 9.17) is 9.47 Å². The van der Waals surface area contributed by atoms with Crippen LogP contribution in [0, 0.1) is 11.8 Å². The molecule has 0 spiro atoms. The Morgan fingerprint density at radius 2 is 2.10 bits per heavy atom. The van der Waals surface area contributed by atoms with E-state index in [0.717, 1.165) is 0 Å². The summed E-state index contributed by atoms with van der Waals surface area (Å²) in [6.45, 7) is 5.98. The van der Waals surface area contributed by atoms with Gasteiger partial charge in [-0.2, -0.15) is 0 Å². The number of hydrogen-bond donors (Lipinski definition) is 2. The van der Waals surface area contributed by atoms with Crippen LogP contribution in [0.25, 0.3) is 0 Å². The Morgan fingerprint density at radius 1 is 1.43 bits per heavy atom. The number of alkyl carbamates (subject to hydrolysis) is 1. The highest BCUT2D eigenvalue weighted by atomic mass is 16.6. The van der Waals surface area contributed by atoms with E-state index in [2.05, 4.69) is 10.6 Å². The minimum atomic E-state index is -0.601. The molecule has 2 atom stereocenters. The molecule has 1 aliphatic rings. The van der Waals surface area contributed by atoms with Crippen molar-refractivity contribution in [3.05, 3.63) is 0 Å². The number of methoxy groups -OCH3 is 1. The topological polar surface area (TPSA) is 93.7 Å². The molecule has 1 fully saturated rings. The second-order valence-corrected chi connectivity index (χ2v) is 6.12. The van der Waals surface area contributed by atoms with E-state index in [9.17, 15) is 14.4 Å². The van der Waals surface area contributed by atoms with E-state index in [1.807, 2.05) is 0 Å². The first kappa shape index (κ1) is 17.3. The lowest BCUT2D eigenvalue weighted by Crippen LogP contribution is -2.38. The first-order valence-electron chi connectivity index (χ1n) is 7.05. The third kappa shape index (κ3) is 6.01. The highest BCUT2D eigenvalue weighted by Gasteiger charge is 2.31. The monoisotopic (exact) mass is 300 g/mol. The molecular weight excluding hydrogens is 276 g/mol. The number of nitrogens with one attached hydrogen (secondary N) is 2. The van der Waals surface area contributed by atoms with Crippen LogP contribution in [0.15, 0.2) is 0 Å². The fourth-order valence-corrected chi connectivity index (χ4v) is 2.16. The molecule has 1 saturated heterocycles. The second-order valence-electron chi connectivity index (χ2n) is 6.12. The van der Waals surface area contributed by atoms with Crippen LogP contribution in [0.1, 0.15) is 33.6 Å². The lowest BCUT2D eigenvalue weighted by Gasteiger charge is -2.22. The van der Waals surface area contributed by atoms with Gasteiger partial charge in [-0.05, 0) is 33.6 Å². The van der Waals surface area contributed by atoms with Crippen molar-refractivity contribution in [2.24, 2.45) is 11.8 Å². The molecule has 21 heavy (non-hydrogen) atoms. The molecule has 1 heterocycles. The second kappa shape index (κ2) is 7.28. The number of esters is 1. The van der Waals surface area contributed by atoms with Gasteiger partial charge in [-0.25, -0.2) is 4.79 Å². The first-order chi connectivity index (χ1) is 9.73. The Bertz CT molecular complexity index is 403. The SMILES string of the molecule is COC(=O)C(CNC(=O)OC(C)(C)C)C[C@H]1CCNC1=O. The van der Waals surface area contributed by atoms with Crippen molar-refractivity contribution >= 4 is 18.0 Å². The Hall–Kier alpha value is -1.79. The largest absolute Gasteiger partial charge is 0.469 e. The number of carbonyl (C=O) groups is 3. The van der Waals surface area contributed by atoms with Crippen LogP contribution in [0.4, 0.5) is 4.79 Å². The normalized spacial score (nSPS) is 19.6. The van der Waals surface area contributed by atoms with Crippen molar-refractivity contribution in [2.75, 3.05) is 20.2 Å². The zero-order chi connectivity index (χ0) is 16.0. The molecule has 2 amide bonds. The lowest BCUT2D eigenvalue weighted by molar-refractivity contribution is -0.146. The molecule has 0 saturated carbocycles. The van der Waals surface area contributed by atoms with Crippen LogP contribution in [-0.4, -0.2) is 43.8 Å². The molecule has 0 aromatic rings. The molecular formula is C14H24N2O5. The van der Waals surface area contributed by atoms with Crippen LogP contribution >= 0.6 is 0 Å². The van der Waals surface area contributed by atoms with Crippen LogP contribution in [0.3, 0.4) is 0 Å². The van der Waals surface area contributed by atoms with E-state index in [1.165, 1.54) is 7.11 Å². The van der Waals surface area contributed by atoms with Crippen LogP contribution in [-0.2, 0) is 19.1 Å². The Kier molecular flexibility index (Phi) is 5.99. The number of ether oxygens (including phenoxy) is 2. The summed E-state index contributed by atoms with van der Waals surface area (Å²) in [6, 6.07) is 0. The van der Waals surface area contributed by atoms with E-state index in [0.29, 0.717) is 19.4 Å². The van der Waals surface area contributed by atoms with Gasteiger partial charge >= 0.3 is 12.1 Å². The van der Waals surface area contributed by atoms with E-state index < -0.39 is 23.6 Å². The molecule has 7 nitrogen and oxygen atoms in total. The molecule has 0 aromatic carbocycles. The average Bonchev–Trinajstić information content (AvgIpc) is 2.77. The summed E-state index contributed by atoms with van der Waals surface area (Å²) < 4.78 is 9.84. The summed E-state index contributed by atoms with van der Waals surface area (Å²) in [7, 11) is 1.29. The molecule has 7 heteroatoms. The lowest BCUT2D eigenvalue weighted by atomic mass is 9.93. The zero-order valence-corrected chi connectivity index (χ0v) is 13.0. The van der Waals surface area contributed by atoms with Crippen molar-refractivity contribution < 1.29 is 23.9 Å². The summed E-state index contributed by atoms with van der Waals surface area (Å²) in [5, 5.41) is 5.27. The van der Waals surface area contributed by atoms with Crippen molar-refractivity contribution in [1.82, 2.24) is 10.6 Å². The zero-order valence-electron chi connectivity index (χ0n) is 13.0. The van der Waals surface area contributed by atoms with Gasteiger partial charge in [0.2, 0.25) is 5.91 Å². The highest BCUT2D eigenvalue weighted by Crippen LogP contribution is 2.20. The van der Waals surface area contributed by atoms with Gasteiger partial charge in [0.1, 0.15) is 5.60 Å². The van der Waals surface area contributed by atoms with E-state index in [1.54, 1.807) is 20.8 Å². The van der Waals surface area contributed by atoms with Crippen molar-refractivity contribution in [1.29, 1.82) is 0 Å². The van der Waals surface area contributed by atoms with Gasteiger partial charge in [-0.1, -0.05) is 0 Å². The Morgan fingerprint density at radius 3 is 2.57 bits per heavy atom. The minimum absolute atomic E-state index is 0.0545. The van der Waals surface area contributed by atoms with Crippen molar-refractivity contribution in [2.45, 2.75) is 39.2 Å². The summed E-state index contributed by atoms with van der Waals surface area (Å²) in [4.78, 5) is 34.9. The highest BCUT2D eigenvalue weighted by molar-refractivity contribution is 5.82. The summed E-state index contributed by atoms with van der Waals surface area (Å²) >= 11 is 0. The molecule has 0 bridgehead atoms. The smallest absolute Gasteiger partial charge is 0.407 e. The van der Waals surface area contributed by atoms with E-state index in [-0.39, 0.29) is 18.4 Å². The standard InChI is InChI=1S/C14H24N2O5/c1-14(2,3)21-13(19)16-8-10(12(18)20-4)7-9-5-6-15-11(9)17/h9-10H,5-8H2,1-4H3,(H,15,17)(H,16,19)/t9-,10?/m1/s1. The van der Waals surface area contributed by atoms with Gasteiger partial charge in [0, 0.05) is 19.0 Å². The maximum Gasteiger partial charge on any atom is 0.407 e. The van der Waals surface area contributed by atoms with E-state index >= 15 is 0 Å². The number of carbonyl (C=O) groups excluding carboxylic acids is 3. The predicted molar refractivity (Wildman–Crippen MR) is 75.5 cm³/mol. The molecule has 1 unspecified atom stereocenters. The Labute approximate surface area is 124 Å². The van der Waals surface area contributed by atoms with Gasteiger partial charge < -0.3 is 20.1 Å². The minimum Gasteiger partial charge on any atom is -0.469 e. The fraction of sp³-hybridized carbons (Fsp3) is 0.786. The number of rotatable bonds is 5. The van der Waals surface area contributed by atoms with Crippen LogP contribution in [0.5, 0.6) is 0 Å². The quantitative estimate of drug-likeness (QED) is 0.733. The summed E-state index contributed by atoms with van der Waals surface area (Å²) in [5.41, 5.74) is -0.601. The van der Waals surface area contributed by atoms with Crippen molar-refractivity contribution in [3.63, 3.8) is 0 Å². The maximum atomic E-state index is 11.8. The van der Waals surface area contributed by atoms with Gasteiger partial charge in [0.15, 0.2) is 0 Å². The third-order valence-electron chi connectivity index (χ3n) is 3.16. The molecule has 0 aromatic heterocycles. The maximum absolute atomic E-state index is 11.8. The summed E-state index contributed by atoms with van der Waals surface area (Å²) in [5.74, 6) is -1.27. The summed E-state index contributed by atoms with van der Waals surface area (Å²) in [6.07, 6.45) is 0.458. The van der Waals surface area contributed by atoms with Gasteiger partial charge in [0.05, 0.1) is 13.0 Å². The molecule has 1 aliphatic heterocycles.